The molecule has 1 aromatic rings. The van der Waals surface area contributed by atoms with E-state index in [1.165, 1.54) is 0 Å². The summed E-state index contributed by atoms with van der Waals surface area (Å²) in [5.74, 6) is 0.828. The smallest absolute Gasteiger partial charge is 0.142 e. The predicted octanol–water partition coefficient (Wildman–Crippen LogP) is 3.56. The van der Waals surface area contributed by atoms with E-state index in [1.807, 2.05) is 18.2 Å². The summed E-state index contributed by atoms with van der Waals surface area (Å²) in [6.07, 6.45) is 1.07. The molecule has 0 aliphatic heterocycles. The van der Waals surface area contributed by atoms with Crippen LogP contribution in [0.25, 0.3) is 0 Å². The Kier molecular flexibility index (Phi) is 4.08. The van der Waals surface area contributed by atoms with Crippen LogP contribution in [0.1, 0.15) is 20.3 Å². The third-order valence-electron chi connectivity index (χ3n) is 2.18. The van der Waals surface area contributed by atoms with Crippen molar-refractivity contribution in [2.24, 2.45) is 0 Å². The van der Waals surface area contributed by atoms with E-state index in [0.29, 0.717) is 6.04 Å². The highest BCUT2D eigenvalue weighted by Gasteiger charge is 2.05. The Morgan fingerprint density at radius 2 is 2.21 bits per heavy atom. The zero-order valence-corrected chi connectivity index (χ0v) is 9.56. The van der Waals surface area contributed by atoms with Crippen LogP contribution in [0.2, 0.25) is 5.02 Å². The quantitative estimate of drug-likeness (QED) is 0.826. The minimum Gasteiger partial charge on any atom is -0.495 e. The molecule has 2 nitrogen and oxygen atoms in total. The van der Waals surface area contributed by atoms with Crippen LogP contribution in [-0.4, -0.2) is 13.2 Å². The van der Waals surface area contributed by atoms with E-state index in [1.54, 1.807) is 7.11 Å². The van der Waals surface area contributed by atoms with E-state index >= 15 is 0 Å². The van der Waals surface area contributed by atoms with Crippen LogP contribution in [0, 0.1) is 0 Å². The lowest BCUT2D eigenvalue weighted by Gasteiger charge is -2.16. The first-order chi connectivity index (χ1) is 6.67. The molecule has 0 fully saturated rings. The molecule has 0 unspecified atom stereocenters. The Labute approximate surface area is 90.2 Å². The number of halogens is 1. The van der Waals surface area contributed by atoms with Gasteiger partial charge in [0.25, 0.3) is 0 Å². The molecule has 0 aromatic heterocycles. The van der Waals surface area contributed by atoms with Crippen molar-refractivity contribution in [1.29, 1.82) is 0 Å². The molecule has 1 atom stereocenters. The number of anilines is 1. The summed E-state index contributed by atoms with van der Waals surface area (Å²) in [5, 5.41) is 4.06. The first-order valence-electron chi connectivity index (χ1n) is 4.77. The van der Waals surface area contributed by atoms with Crippen molar-refractivity contribution in [2.45, 2.75) is 26.3 Å². The molecule has 0 saturated heterocycles. The van der Waals surface area contributed by atoms with E-state index in [2.05, 4.69) is 19.2 Å². The fourth-order valence-corrected chi connectivity index (χ4v) is 1.33. The van der Waals surface area contributed by atoms with E-state index in [9.17, 15) is 0 Å². The lowest BCUT2D eigenvalue weighted by molar-refractivity contribution is 0.416. The summed E-state index contributed by atoms with van der Waals surface area (Å²) in [5.41, 5.74) is 0.953. The second-order valence-corrected chi connectivity index (χ2v) is 3.73. The maximum atomic E-state index is 5.90. The molecule has 0 amide bonds. The zero-order valence-electron chi connectivity index (χ0n) is 8.80. The van der Waals surface area contributed by atoms with Gasteiger partial charge in [0.15, 0.2) is 0 Å². The van der Waals surface area contributed by atoms with E-state index in [4.69, 9.17) is 16.3 Å². The van der Waals surface area contributed by atoms with Crippen molar-refractivity contribution < 1.29 is 4.74 Å². The SMILES string of the molecule is CC[C@H](C)Nc1cc(Cl)ccc1OC. The van der Waals surface area contributed by atoms with Gasteiger partial charge in [0.2, 0.25) is 0 Å². The minimum absolute atomic E-state index is 0.419. The number of rotatable bonds is 4. The molecule has 0 spiro atoms. The molecule has 78 valence electrons. The molecule has 0 aliphatic rings. The second-order valence-electron chi connectivity index (χ2n) is 3.30. The van der Waals surface area contributed by atoms with Crippen LogP contribution in [-0.2, 0) is 0 Å². The Balaban J connectivity index is 2.87. The van der Waals surface area contributed by atoms with Gasteiger partial charge in [-0.2, -0.15) is 0 Å². The van der Waals surface area contributed by atoms with Gasteiger partial charge in [0.05, 0.1) is 12.8 Å². The van der Waals surface area contributed by atoms with E-state index in [0.717, 1.165) is 22.9 Å². The molecule has 3 heteroatoms. The highest BCUT2D eigenvalue weighted by molar-refractivity contribution is 6.30. The molecule has 14 heavy (non-hydrogen) atoms. The number of methoxy groups -OCH3 is 1. The summed E-state index contributed by atoms with van der Waals surface area (Å²) in [7, 11) is 1.66. The second kappa shape index (κ2) is 5.11. The minimum atomic E-state index is 0.419. The highest BCUT2D eigenvalue weighted by atomic mass is 35.5. The van der Waals surface area contributed by atoms with Crippen LogP contribution in [0.5, 0.6) is 5.75 Å². The van der Waals surface area contributed by atoms with Gasteiger partial charge in [0.1, 0.15) is 5.75 Å². The number of nitrogens with one attached hydrogen (secondary N) is 1. The van der Waals surface area contributed by atoms with E-state index in [-0.39, 0.29) is 0 Å². The maximum Gasteiger partial charge on any atom is 0.142 e. The molecule has 0 aliphatic carbocycles. The molecule has 1 rings (SSSR count). The first-order valence-corrected chi connectivity index (χ1v) is 5.15. The Morgan fingerprint density at radius 1 is 1.50 bits per heavy atom. The van der Waals surface area contributed by atoms with E-state index < -0.39 is 0 Å². The van der Waals surface area contributed by atoms with Crippen LogP contribution < -0.4 is 10.1 Å². The van der Waals surface area contributed by atoms with Crippen LogP contribution in [0.3, 0.4) is 0 Å². The van der Waals surface area contributed by atoms with Crippen molar-refractivity contribution in [3.8, 4) is 5.75 Å². The normalized spacial score (nSPS) is 12.3. The van der Waals surface area contributed by atoms with Gasteiger partial charge < -0.3 is 10.1 Å². The van der Waals surface area contributed by atoms with Gasteiger partial charge >= 0.3 is 0 Å². The van der Waals surface area contributed by atoms with Gasteiger partial charge in [0, 0.05) is 11.1 Å². The number of benzene rings is 1. The van der Waals surface area contributed by atoms with Crippen molar-refractivity contribution in [3.63, 3.8) is 0 Å². The Hall–Kier alpha value is -0.890. The third-order valence-corrected chi connectivity index (χ3v) is 2.41. The monoisotopic (exact) mass is 213 g/mol. The van der Waals surface area contributed by atoms with Gasteiger partial charge in [-0.05, 0) is 31.5 Å². The standard InChI is InChI=1S/C11H16ClNO/c1-4-8(2)13-10-7-9(12)5-6-11(10)14-3/h5-8,13H,4H2,1-3H3/t8-/m0/s1. The fraction of sp³-hybridized carbons (Fsp3) is 0.455. The van der Waals surface area contributed by atoms with Gasteiger partial charge in [-0.15, -0.1) is 0 Å². The zero-order chi connectivity index (χ0) is 10.6. The highest BCUT2D eigenvalue weighted by Crippen LogP contribution is 2.28. The van der Waals surface area contributed by atoms with Crippen molar-refractivity contribution in [1.82, 2.24) is 0 Å². The van der Waals surface area contributed by atoms with Crippen molar-refractivity contribution in [3.05, 3.63) is 23.2 Å². The largest absolute Gasteiger partial charge is 0.495 e. The summed E-state index contributed by atoms with van der Waals surface area (Å²) >= 11 is 5.90. The third kappa shape index (κ3) is 2.81. The summed E-state index contributed by atoms with van der Waals surface area (Å²) < 4.78 is 5.22. The van der Waals surface area contributed by atoms with Gasteiger partial charge in [-0.25, -0.2) is 0 Å². The summed E-state index contributed by atoms with van der Waals surface area (Å²) in [6.45, 7) is 4.26. The first kappa shape index (κ1) is 11.2. The summed E-state index contributed by atoms with van der Waals surface area (Å²) in [4.78, 5) is 0. The average Bonchev–Trinajstić information content (AvgIpc) is 2.18. The average molecular weight is 214 g/mol. The van der Waals surface area contributed by atoms with Crippen molar-refractivity contribution in [2.75, 3.05) is 12.4 Å². The van der Waals surface area contributed by atoms with Crippen LogP contribution >= 0.6 is 11.6 Å². The number of hydrogen-bond donors (Lipinski definition) is 1. The Bertz CT molecular complexity index is 301. The molecule has 1 aromatic carbocycles. The summed E-state index contributed by atoms with van der Waals surface area (Å²) in [6, 6.07) is 5.99. The van der Waals surface area contributed by atoms with Crippen LogP contribution in [0.4, 0.5) is 5.69 Å². The predicted molar refractivity (Wildman–Crippen MR) is 61.4 cm³/mol. The van der Waals surface area contributed by atoms with Crippen LogP contribution in [0.15, 0.2) is 18.2 Å². The lowest BCUT2D eigenvalue weighted by Crippen LogP contribution is -2.13. The molecule has 0 bridgehead atoms. The Morgan fingerprint density at radius 3 is 2.79 bits per heavy atom. The van der Waals surface area contributed by atoms with Crippen molar-refractivity contribution >= 4 is 17.3 Å². The maximum absolute atomic E-state index is 5.90. The number of ether oxygens (including phenoxy) is 1. The van der Waals surface area contributed by atoms with Gasteiger partial charge in [-0.1, -0.05) is 18.5 Å². The lowest BCUT2D eigenvalue weighted by atomic mass is 10.2. The molecule has 0 saturated carbocycles. The molecule has 0 radical (unpaired) electrons. The number of hydrogen-bond acceptors (Lipinski definition) is 2. The fourth-order valence-electron chi connectivity index (χ4n) is 1.16. The molecular weight excluding hydrogens is 198 g/mol. The molecule has 1 N–H and O–H groups in total. The van der Waals surface area contributed by atoms with Gasteiger partial charge in [-0.3, -0.25) is 0 Å². The topological polar surface area (TPSA) is 21.3 Å². The molecular formula is C11H16ClNO. The molecule has 0 heterocycles.